The van der Waals surface area contributed by atoms with Crippen molar-refractivity contribution in [3.8, 4) is 0 Å². The topological polar surface area (TPSA) is 58.4 Å². The summed E-state index contributed by atoms with van der Waals surface area (Å²) in [7, 11) is 0. The lowest BCUT2D eigenvalue weighted by Gasteiger charge is -2.36. The fourth-order valence-electron chi connectivity index (χ4n) is 2.64. The zero-order chi connectivity index (χ0) is 17.1. The molecule has 0 atom stereocenters. The van der Waals surface area contributed by atoms with Gasteiger partial charge in [-0.25, -0.2) is 9.37 Å². The summed E-state index contributed by atoms with van der Waals surface area (Å²) in [6, 6.07) is 5.92. The molecule has 1 fully saturated rings. The number of aromatic nitrogens is 2. The summed E-state index contributed by atoms with van der Waals surface area (Å²) in [6.45, 7) is 2.28. The minimum atomic E-state index is -0.448. The molecule has 0 N–H and O–H groups in total. The first-order valence-electron chi connectivity index (χ1n) is 7.53. The normalized spacial score (nSPS) is 14.8. The van der Waals surface area contributed by atoms with Crippen LogP contribution in [-0.2, 0) is 11.3 Å². The lowest BCUT2D eigenvalue weighted by Crippen LogP contribution is -2.50. The minimum absolute atomic E-state index is 0.0188. The van der Waals surface area contributed by atoms with Crippen LogP contribution in [0.1, 0.15) is 0 Å². The third-order valence-corrected chi connectivity index (χ3v) is 4.29. The van der Waals surface area contributed by atoms with Gasteiger partial charge in [0.15, 0.2) is 0 Å². The van der Waals surface area contributed by atoms with Gasteiger partial charge in [0.05, 0.1) is 11.3 Å². The van der Waals surface area contributed by atoms with Crippen LogP contribution in [-0.4, -0.2) is 46.5 Å². The van der Waals surface area contributed by atoms with Crippen molar-refractivity contribution < 1.29 is 9.18 Å². The Morgan fingerprint density at radius 2 is 1.96 bits per heavy atom. The molecule has 1 aliphatic rings. The largest absolute Gasteiger partial charge is 0.368 e. The van der Waals surface area contributed by atoms with Crippen LogP contribution in [0.3, 0.4) is 0 Å². The summed E-state index contributed by atoms with van der Waals surface area (Å²) in [4.78, 5) is 31.6. The number of halogens is 2. The Morgan fingerprint density at radius 1 is 1.21 bits per heavy atom. The first kappa shape index (κ1) is 16.4. The highest BCUT2D eigenvalue weighted by atomic mass is 35.5. The molecule has 1 aromatic heterocycles. The van der Waals surface area contributed by atoms with Crippen LogP contribution in [0, 0.1) is 5.82 Å². The molecule has 0 saturated carbocycles. The van der Waals surface area contributed by atoms with Gasteiger partial charge in [0.25, 0.3) is 5.56 Å². The fourth-order valence-corrected chi connectivity index (χ4v) is 2.81. The first-order chi connectivity index (χ1) is 11.5. The predicted octanol–water partition coefficient (Wildman–Crippen LogP) is 1.38. The molecular formula is C16H16ClFN4O2. The Balaban J connectivity index is 1.60. The van der Waals surface area contributed by atoms with Gasteiger partial charge in [-0.15, -0.1) is 0 Å². The molecule has 0 unspecified atom stereocenters. The lowest BCUT2D eigenvalue weighted by atomic mass is 10.2. The second kappa shape index (κ2) is 7.00. The molecular weight excluding hydrogens is 335 g/mol. The third-order valence-electron chi connectivity index (χ3n) is 4.00. The van der Waals surface area contributed by atoms with E-state index in [2.05, 4.69) is 4.98 Å². The molecule has 2 aromatic rings. The van der Waals surface area contributed by atoms with Gasteiger partial charge in [-0.3, -0.25) is 14.2 Å². The molecule has 8 heteroatoms. The van der Waals surface area contributed by atoms with Crippen molar-refractivity contribution in [2.75, 3.05) is 31.1 Å². The zero-order valence-corrected chi connectivity index (χ0v) is 13.6. The standard InChI is InChI=1S/C16H16ClFN4O2/c17-13-9-12(1-2-14(13)18)20-5-7-21(8-6-20)16(24)10-22-11-19-4-3-15(22)23/h1-4,9,11H,5-8,10H2. The van der Waals surface area contributed by atoms with Crippen molar-refractivity contribution in [3.63, 3.8) is 0 Å². The maximum atomic E-state index is 13.2. The Labute approximate surface area is 143 Å². The van der Waals surface area contributed by atoms with E-state index in [9.17, 15) is 14.0 Å². The number of rotatable bonds is 3. The number of benzene rings is 1. The van der Waals surface area contributed by atoms with Crippen molar-refractivity contribution in [1.29, 1.82) is 0 Å². The molecule has 6 nitrogen and oxygen atoms in total. The average molecular weight is 351 g/mol. The predicted molar refractivity (Wildman–Crippen MR) is 88.7 cm³/mol. The third kappa shape index (κ3) is 3.56. The van der Waals surface area contributed by atoms with Crippen molar-refractivity contribution >= 4 is 23.2 Å². The van der Waals surface area contributed by atoms with E-state index < -0.39 is 5.82 Å². The molecule has 1 aromatic carbocycles. The van der Waals surface area contributed by atoms with Crippen molar-refractivity contribution in [2.45, 2.75) is 6.54 Å². The second-order valence-corrected chi connectivity index (χ2v) is 5.92. The lowest BCUT2D eigenvalue weighted by molar-refractivity contribution is -0.132. The number of hydrogen-bond acceptors (Lipinski definition) is 4. The van der Waals surface area contributed by atoms with Gasteiger partial charge in [-0.05, 0) is 18.2 Å². The SMILES string of the molecule is O=C(Cn1cnccc1=O)N1CCN(c2ccc(F)c(Cl)c2)CC1. The second-order valence-electron chi connectivity index (χ2n) is 5.51. The highest BCUT2D eigenvalue weighted by Gasteiger charge is 2.22. The van der Waals surface area contributed by atoms with Crippen LogP contribution in [0.4, 0.5) is 10.1 Å². The Hall–Kier alpha value is -2.41. The highest BCUT2D eigenvalue weighted by molar-refractivity contribution is 6.31. The number of carbonyl (C=O) groups is 1. The molecule has 0 radical (unpaired) electrons. The zero-order valence-electron chi connectivity index (χ0n) is 12.9. The molecule has 3 rings (SSSR count). The smallest absolute Gasteiger partial charge is 0.253 e. The number of carbonyl (C=O) groups excluding carboxylic acids is 1. The van der Waals surface area contributed by atoms with E-state index in [0.29, 0.717) is 26.2 Å². The Morgan fingerprint density at radius 3 is 2.62 bits per heavy atom. The van der Waals surface area contributed by atoms with Gasteiger partial charge < -0.3 is 9.80 Å². The van der Waals surface area contributed by atoms with E-state index in [-0.39, 0.29) is 23.0 Å². The summed E-state index contributed by atoms with van der Waals surface area (Å²) in [5.41, 5.74) is 0.579. The molecule has 126 valence electrons. The van der Waals surface area contributed by atoms with Gasteiger partial charge in [0.2, 0.25) is 5.91 Å². The van der Waals surface area contributed by atoms with Crippen molar-refractivity contribution in [1.82, 2.24) is 14.5 Å². The van der Waals surface area contributed by atoms with Crippen LogP contribution in [0.15, 0.2) is 41.6 Å². The van der Waals surface area contributed by atoms with Gasteiger partial charge in [-0.1, -0.05) is 11.6 Å². The number of anilines is 1. The Kier molecular flexibility index (Phi) is 4.80. The van der Waals surface area contributed by atoms with Crippen LogP contribution < -0.4 is 10.5 Å². The number of amides is 1. The molecule has 0 bridgehead atoms. The fraction of sp³-hybridized carbons (Fsp3) is 0.312. The highest BCUT2D eigenvalue weighted by Crippen LogP contribution is 2.23. The average Bonchev–Trinajstić information content (AvgIpc) is 2.59. The number of hydrogen-bond donors (Lipinski definition) is 0. The number of piperazine rings is 1. The van der Waals surface area contributed by atoms with Gasteiger partial charge in [0.1, 0.15) is 12.4 Å². The van der Waals surface area contributed by atoms with Crippen molar-refractivity contribution in [2.24, 2.45) is 0 Å². The van der Waals surface area contributed by atoms with E-state index in [1.807, 2.05) is 4.90 Å². The van der Waals surface area contributed by atoms with Crippen LogP contribution >= 0.6 is 11.6 Å². The Bertz CT molecular complexity index is 803. The summed E-state index contributed by atoms with van der Waals surface area (Å²) in [5, 5.41) is 0.0851. The van der Waals surface area contributed by atoms with Crippen molar-refractivity contribution in [3.05, 3.63) is 58.0 Å². The van der Waals surface area contributed by atoms with Gasteiger partial charge >= 0.3 is 0 Å². The molecule has 0 aliphatic carbocycles. The molecule has 2 heterocycles. The number of nitrogens with zero attached hydrogens (tertiary/aromatic N) is 4. The van der Waals surface area contributed by atoms with Gasteiger partial charge in [-0.2, -0.15) is 0 Å². The van der Waals surface area contributed by atoms with E-state index in [4.69, 9.17) is 11.6 Å². The van der Waals surface area contributed by atoms with Crippen LogP contribution in [0.5, 0.6) is 0 Å². The molecule has 0 spiro atoms. The van der Waals surface area contributed by atoms with Gasteiger partial charge in [0, 0.05) is 44.1 Å². The molecule has 1 saturated heterocycles. The summed E-state index contributed by atoms with van der Waals surface area (Å²) < 4.78 is 14.5. The summed E-state index contributed by atoms with van der Waals surface area (Å²) in [5.74, 6) is -0.571. The van der Waals surface area contributed by atoms with Crippen LogP contribution in [0.25, 0.3) is 0 Å². The minimum Gasteiger partial charge on any atom is -0.368 e. The maximum Gasteiger partial charge on any atom is 0.253 e. The summed E-state index contributed by atoms with van der Waals surface area (Å²) in [6.07, 6.45) is 2.76. The van der Waals surface area contributed by atoms with E-state index in [1.54, 1.807) is 17.0 Å². The van der Waals surface area contributed by atoms with E-state index in [0.717, 1.165) is 5.69 Å². The first-order valence-corrected chi connectivity index (χ1v) is 7.90. The molecule has 1 amide bonds. The van der Waals surface area contributed by atoms with Crippen LogP contribution in [0.2, 0.25) is 5.02 Å². The molecule has 24 heavy (non-hydrogen) atoms. The van der Waals surface area contributed by atoms with E-state index in [1.165, 1.54) is 29.2 Å². The monoisotopic (exact) mass is 350 g/mol. The quantitative estimate of drug-likeness (QED) is 0.839. The summed E-state index contributed by atoms with van der Waals surface area (Å²) >= 11 is 5.81. The van der Waals surface area contributed by atoms with E-state index >= 15 is 0 Å². The maximum absolute atomic E-state index is 13.2. The molecule has 1 aliphatic heterocycles.